The van der Waals surface area contributed by atoms with Gasteiger partial charge in [-0.05, 0) is 35.4 Å². The van der Waals surface area contributed by atoms with Crippen molar-refractivity contribution in [2.45, 2.75) is 6.11 Å². The lowest BCUT2D eigenvalue weighted by molar-refractivity contribution is -0.187. The van der Waals surface area contributed by atoms with Crippen molar-refractivity contribution in [2.75, 3.05) is 0 Å². The Hall–Kier alpha value is -4.08. The average molecular weight is 496 g/mol. The van der Waals surface area contributed by atoms with E-state index in [0.29, 0.717) is 12.1 Å². The minimum atomic E-state index is -4.45. The highest BCUT2D eigenvalue weighted by Gasteiger charge is 2.38. The molecule has 0 aliphatic rings. The molecule has 2 nitrogen and oxygen atoms in total. The molecule has 4 aromatic rings. The fourth-order valence-corrected chi connectivity index (χ4v) is 3.35. The standard InChI is InChI=1S/C25H12F8O2/c26-19-9-13(17-7-6-16(22(29)23(17)30)12-1-4-14(34)5-2-12)3-8-18(19)25(32,33)35-15-10-20(27)24(31)21(28)11-15/h1-11,34H. The maximum Gasteiger partial charge on any atom is 0.429 e. The van der Waals surface area contributed by atoms with Crippen LogP contribution in [0.15, 0.2) is 66.7 Å². The molecule has 0 unspecified atom stereocenters. The van der Waals surface area contributed by atoms with Crippen LogP contribution in [-0.2, 0) is 6.11 Å². The predicted molar refractivity (Wildman–Crippen MR) is 110 cm³/mol. The quantitative estimate of drug-likeness (QED) is 0.227. The molecule has 35 heavy (non-hydrogen) atoms. The van der Waals surface area contributed by atoms with E-state index in [9.17, 15) is 40.2 Å². The van der Waals surface area contributed by atoms with E-state index in [1.54, 1.807) is 0 Å². The first-order chi connectivity index (χ1) is 16.5. The molecule has 0 bridgehead atoms. The first kappa shape index (κ1) is 24.1. The largest absolute Gasteiger partial charge is 0.508 e. The lowest BCUT2D eigenvalue weighted by Crippen LogP contribution is -2.23. The molecule has 10 heteroatoms. The highest BCUT2D eigenvalue weighted by atomic mass is 19.3. The molecule has 0 amide bonds. The van der Waals surface area contributed by atoms with Gasteiger partial charge in [0.2, 0.25) is 0 Å². The summed E-state index contributed by atoms with van der Waals surface area (Å²) in [6.45, 7) is 0. The molecule has 0 fully saturated rings. The van der Waals surface area contributed by atoms with E-state index < -0.39 is 57.9 Å². The number of rotatable bonds is 5. The van der Waals surface area contributed by atoms with E-state index in [1.807, 2.05) is 0 Å². The predicted octanol–water partition coefficient (Wildman–Crippen LogP) is 7.69. The van der Waals surface area contributed by atoms with Gasteiger partial charge in [-0.1, -0.05) is 30.3 Å². The Morgan fingerprint density at radius 3 is 1.63 bits per heavy atom. The molecule has 0 saturated heterocycles. The molecular formula is C25H12F8O2. The molecule has 4 aromatic carbocycles. The maximum atomic E-state index is 14.8. The van der Waals surface area contributed by atoms with Crippen molar-refractivity contribution in [3.05, 3.63) is 107 Å². The Balaban J connectivity index is 1.66. The van der Waals surface area contributed by atoms with Crippen LogP contribution in [0.3, 0.4) is 0 Å². The molecule has 0 spiro atoms. The Bertz CT molecular complexity index is 1400. The number of phenolic OH excluding ortho intramolecular Hbond substituents is 1. The second kappa shape index (κ2) is 8.94. The zero-order valence-electron chi connectivity index (χ0n) is 17.2. The van der Waals surface area contributed by atoms with Gasteiger partial charge in [0, 0.05) is 23.3 Å². The molecule has 0 aliphatic heterocycles. The number of aromatic hydroxyl groups is 1. The SMILES string of the molecule is Oc1ccc(-c2ccc(-c3ccc(C(F)(F)Oc4cc(F)c(F)c(F)c4)c(F)c3)c(F)c2F)cc1. The molecule has 0 aliphatic carbocycles. The maximum absolute atomic E-state index is 14.8. The van der Waals surface area contributed by atoms with Crippen molar-refractivity contribution in [3.8, 4) is 33.8 Å². The molecule has 0 heterocycles. The summed E-state index contributed by atoms with van der Waals surface area (Å²) in [5.74, 6) is -10.9. The lowest BCUT2D eigenvalue weighted by Gasteiger charge is -2.19. The number of hydrogen-bond acceptors (Lipinski definition) is 2. The summed E-state index contributed by atoms with van der Waals surface area (Å²) >= 11 is 0. The third-order valence-electron chi connectivity index (χ3n) is 5.06. The van der Waals surface area contributed by atoms with Crippen molar-refractivity contribution in [2.24, 2.45) is 0 Å². The fourth-order valence-electron chi connectivity index (χ4n) is 3.35. The van der Waals surface area contributed by atoms with Crippen molar-refractivity contribution >= 4 is 0 Å². The number of hydrogen-bond donors (Lipinski definition) is 1. The van der Waals surface area contributed by atoms with Crippen LogP contribution in [0, 0.1) is 34.9 Å². The van der Waals surface area contributed by atoms with Crippen LogP contribution in [0.4, 0.5) is 35.1 Å². The summed E-state index contributed by atoms with van der Waals surface area (Å²) in [5, 5.41) is 9.33. The minimum Gasteiger partial charge on any atom is -0.508 e. The second-order valence-electron chi connectivity index (χ2n) is 7.35. The average Bonchev–Trinajstić information content (AvgIpc) is 2.79. The zero-order chi connectivity index (χ0) is 25.5. The van der Waals surface area contributed by atoms with Gasteiger partial charge in [0.1, 0.15) is 17.3 Å². The Morgan fingerprint density at radius 2 is 1.09 bits per heavy atom. The number of alkyl halides is 2. The van der Waals surface area contributed by atoms with Crippen molar-refractivity contribution in [1.29, 1.82) is 0 Å². The molecule has 0 atom stereocenters. The fraction of sp³-hybridized carbons (Fsp3) is 0.0400. The van der Waals surface area contributed by atoms with Gasteiger partial charge in [-0.3, -0.25) is 0 Å². The monoisotopic (exact) mass is 496 g/mol. The minimum absolute atomic E-state index is 0.0858. The van der Waals surface area contributed by atoms with Gasteiger partial charge in [-0.2, -0.15) is 8.78 Å². The number of benzene rings is 4. The van der Waals surface area contributed by atoms with Crippen LogP contribution >= 0.6 is 0 Å². The lowest BCUT2D eigenvalue weighted by atomic mass is 9.97. The van der Waals surface area contributed by atoms with Crippen LogP contribution in [0.1, 0.15) is 5.56 Å². The van der Waals surface area contributed by atoms with Crippen molar-refractivity contribution < 1.29 is 45.0 Å². The van der Waals surface area contributed by atoms with Crippen LogP contribution in [0.2, 0.25) is 0 Å². The van der Waals surface area contributed by atoms with E-state index in [2.05, 4.69) is 4.74 Å². The molecular weight excluding hydrogens is 484 g/mol. The normalized spacial score (nSPS) is 11.5. The van der Waals surface area contributed by atoms with E-state index in [0.717, 1.165) is 12.1 Å². The van der Waals surface area contributed by atoms with E-state index >= 15 is 0 Å². The highest BCUT2D eigenvalue weighted by Crippen LogP contribution is 2.37. The van der Waals surface area contributed by atoms with Gasteiger partial charge in [-0.25, -0.2) is 26.3 Å². The van der Waals surface area contributed by atoms with Crippen LogP contribution in [0.25, 0.3) is 22.3 Å². The van der Waals surface area contributed by atoms with Gasteiger partial charge in [0.05, 0.1) is 5.56 Å². The summed E-state index contributed by atoms with van der Waals surface area (Å²) in [4.78, 5) is 0. The molecule has 0 radical (unpaired) electrons. The van der Waals surface area contributed by atoms with E-state index in [1.165, 1.54) is 30.3 Å². The number of halogens is 8. The Morgan fingerprint density at radius 1 is 0.571 bits per heavy atom. The van der Waals surface area contributed by atoms with Gasteiger partial charge < -0.3 is 9.84 Å². The Labute approximate surface area is 192 Å². The summed E-state index contributed by atoms with van der Waals surface area (Å²) in [6.07, 6.45) is -4.45. The summed E-state index contributed by atoms with van der Waals surface area (Å²) in [7, 11) is 0. The Kier molecular flexibility index (Phi) is 6.14. The second-order valence-corrected chi connectivity index (χ2v) is 7.35. The van der Waals surface area contributed by atoms with E-state index in [4.69, 9.17) is 0 Å². The summed E-state index contributed by atoms with van der Waals surface area (Å²) in [6, 6.07) is 9.79. The zero-order valence-corrected chi connectivity index (χ0v) is 17.2. The molecule has 1 N–H and O–H groups in total. The third kappa shape index (κ3) is 4.64. The molecule has 4 rings (SSSR count). The van der Waals surface area contributed by atoms with Crippen LogP contribution in [0.5, 0.6) is 11.5 Å². The smallest absolute Gasteiger partial charge is 0.429 e. The molecule has 0 aromatic heterocycles. The van der Waals surface area contributed by atoms with E-state index in [-0.39, 0.29) is 34.6 Å². The highest BCUT2D eigenvalue weighted by molar-refractivity contribution is 5.72. The summed E-state index contributed by atoms with van der Waals surface area (Å²) < 4.78 is 117. The molecule has 0 saturated carbocycles. The van der Waals surface area contributed by atoms with Gasteiger partial charge in [0.15, 0.2) is 29.1 Å². The molecule has 180 valence electrons. The van der Waals surface area contributed by atoms with Crippen molar-refractivity contribution in [3.63, 3.8) is 0 Å². The van der Waals surface area contributed by atoms with Gasteiger partial charge >= 0.3 is 6.11 Å². The van der Waals surface area contributed by atoms with Gasteiger partial charge in [-0.15, -0.1) is 0 Å². The summed E-state index contributed by atoms with van der Waals surface area (Å²) in [5.41, 5.74) is -1.98. The van der Waals surface area contributed by atoms with Crippen LogP contribution < -0.4 is 4.74 Å². The van der Waals surface area contributed by atoms with Crippen LogP contribution in [-0.4, -0.2) is 5.11 Å². The topological polar surface area (TPSA) is 29.5 Å². The third-order valence-corrected chi connectivity index (χ3v) is 5.06. The first-order valence-corrected chi connectivity index (χ1v) is 9.77. The number of phenols is 1. The number of ether oxygens (including phenoxy) is 1. The van der Waals surface area contributed by atoms with Gasteiger partial charge in [0.25, 0.3) is 0 Å². The first-order valence-electron chi connectivity index (χ1n) is 9.77. The van der Waals surface area contributed by atoms with Crippen molar-refractivity contribution in [1.82, 2.24) is 0 Å².